The van der Waals surface area contributed by atoms with E-state index in [2.05, 4.69) is 5.32 Å². The molecule has 6 nitrogen and oxygen atoms in total. The van der Waals surface area contributed by atoms with Gasteiger partial charge in [0.2, 0.25) is 5.91 Å². The van der Waals surface area contributed by atoms with Crippen LogP contribution in [0.3, 0.4) is 0 Å². The van der Waals surface area contributed by atoms with E-state index in [0.717, 1.165) is 6.42 Å². The third-order valence-electron chi connectivity index (χ3n) is 4.04. The number of ether oxygens (including phenoxy) is 1. The van der Waals surface area contributed by atoms with Gasteiger partial charge in [-0.25, -0.2) is 4.79 Å². The van der Waals surface area contributed by atoms with Crippen molar-refractivity contribution in [1.82, 2.24) is 10.2 Å². The molecule has 0 radical (unpaired) electrons. The zero-order valence-electron chi connectivity index (χ0n) is 12.7. The second kappa shape index (κ2) is 9.93. The van der Waals surface area contributed by atoms with E-state index in [-0.39, 0.29) is 54.5 Å². The van der Waals surface area contributed by atoms with Crippen molar-refractivity contribution < 1.29 is 19.4 Å². The summed E-state index contributed by atoms with van der Waals surface area (Å²) >= 11 is 0. The van der Waals surface area contributed by atoms with Crippen molar-refractivity contribution in [3.63, 3.8) is 0 Å². The standard InChI is InChI=1S/C16H22N2O4.Na.H/c1-22-10-9-18(16(20)21)14-8-7-13(11-17-15(14)19)12-5-3-2-4-6-12;;/h2-6,13-14H,7-11H2,1H3,(H,17,19)(H,20,21);;. The Morgan fingerprint density at radius 3 is 2.65 bits per heavy atom. The fraction of sp³-hybridized carbons (Fsp3) is 0.500. The Labute approximate surface area is 158 Å². The number of nitrogens with zero attached hydrogens (tertiary/aromatic N) is 1. The summed E-state index contributed by atoms with van der Waals surface area (Å²) in [5, 5.41) is 12.2. The first-order valence-electron chi connectivity index (χ1n) is 7.44. The number of rotatable bonds is 5. The Morgan fingerprint density at radius 1 is 1.35 bits per heavy atom. The average molecular weight is 330 g/mol. The summed E-state index contributed by atoms with van der Waals surface area (Å²) in [4.78, 5) is 24.8. The van der Waals surface area contributed by atoms with Gasteiger partial charge in [-0.3, -0.25) is 9.69 Å². The van der Waals surface area contributed by atoms with E-state index in [1.54, 1.807) is 0 Å². The van der Waals surface area contributed by atoms with E-state index in [1.807, 2.05) is 30.3 Å². The Morgan fingerprint density at radius 2 is 2.04 bits per heavy atom. The number of carboxylic acid groups (broad SMARTS) is 1. The molecule has 23 heavy (non-hydrogen) atoms. The van der Waals surface area contributed by atoms with Gasteiger partial charge in [0, 0.05) is 26.1 Å². The molecular weight excluding hydrogens is 307 g/mol. The third kappa shape index (κ3) is 5.49. The van der Waals surface area contributed by atoms with Crippen molar-refractivity contribution in [3.8, 4) is 0 Å². The van der Waals surface area contributed by atoms with Crippen LogP contribution in [0, 0.1) is 0 Å². The topological polar surface area (TPSA) is 78.9 Å². The number of nitrogens with one attached hydrogen (secondary N) is 1. The summed E-state index contributed by atoms with van der Waals surface area (Å²) in [7, 11) is 1.51. The first-order chi connectivity index (χ1) is 10.6. The van der Waals surface area contributed by atoms with Crippen LogP contribution in [0.15, 0.2) is 30.3 Å². The monoisotopic (exact) mass is 330 g/mol. The molecule has 2 amide bonds. The van der Waals surface area contributed by atoms with Gasteiger partial charge in [0.1, 0.15) is 6.04 Å². The van der Waals surface area contributed by atoms with Gasteiger partial charge in [-0.05, 0) is 18.4 Å². The summed E-state index contributed by atoms with van der Waals surface area (Å²) in [6.07, 6.45) is 0.196. The minimum atomic E-state index is -1.09. The van der Waals surface area contributed by atoms with Crippen molar-refractivity contribution in [2.24, 2.45) is 0 Å². The minimum absolute atomic E-state index is 0. The molecular formula is C16H23N2NaO4. The number of hydrogen-bond acceptors (Lipinski definition) is 3. The maximum absolute atomic E-state index is 12.2. The van der Waals surface area contributed by atoms with Crippen molar-refractivity contribution in [1.29, 1.82) is 0 Å². The van der Waals surface area contributed by atoms with Gasteiger partial charge in [-0.15, -0.1) is 0 Å². The van der Waals surface area contributed by atoms with Gasteiger partial charge in [0.25, 0.3) is 0 Å². The maximum atomic E-state index is 12.2. The van der Waals surface area contributed by atoms with Crippen molar-refractivity contribution in [2.75, 3.05) is 26.8 Å². The van der Waals surface area contributed by atoms with Crippen LogP contribution in [0.4, 0.5) is 4.79 Å². The molecule has 2 atom stereocenters. The molecule has 7 heteroatoms. The zero-order chi connectivity index (χ0) is 15.9. The second-order valence-electron chi connectivity index (χ2n) is 5.41. The number of hydrogen-bond donors (Lipinski definition) is 2. The van der Waals surface area contributed by atoms with Crippen molar-refractivity contribution in [3.05, 3.63) is 35.9 Å². The van der Waals surface area contributed by atoms with Crippen LogP contribution in [0.5, 0.6) is 0 Å². The van der Waals surface area contributed by atoms with Gasteiger partial charge >= 0.3 is 35.7 Å². The van der Waals surface area contributed by atoms with Crippen LogP contribution < -0.4 is 5.32 Å². The van der Waals surface area contributed by atoms with Crippen LogP contribution in [-0.2, 0) is 9.53 Å². The Balaban J connectivity index is 0.00000264. The Hall–Kier alpha value is -1.08. The fourth-order valence-corrected chi connectivity index (χ4v) is 2.82. The summed E-state index contributed by atoms with van der Waals surface area (Å²) < 4.78 is 4.93. The summed E-state index contributed by atoms with van der Waals surface area (Å²) in [6, 6.07) is 9.33. The predicted molar refractivity (Wildman–Crippen MR) is 89.0 cm³/mol. The van der Waals surface area contributed by atoms with Crippen LogP contribution in [0.25, 0.3) is 0 Å². The SMILES string of the molecule is COCCN(C(=O)O)C1CCC(c2ccccc2)CNC1=O.[NaH]. The molecule has 1 fully saturated rings. The van der Waals surface area contributed by atoms with E-state index in [9.17, 15) is 14.7 Å². The van der Waals surface area contributed by atoms with Gasteiger partial charge < -0.3 is 15.2 Å². The molecule has 0 bridgehead atoms. The molecule has 0 spiro atoms. The van der Waals surface area contributed by atoms with Gasteiger partial charge in [0.15, 0.2) is 0 Å². The average Bonchev–Trinajstić information content (AvgIpc) is 2.71. The molecule has 0 saturated carbocycles. The number of benzene rings is 1. The molecule has 0 aromatic heterocycles. The Bertz CT molecular complexity index is 512. The Kier molecular flexibility index (Phi) is 8.62. The van der Waals surface area contributed by atoms with Crippen LogP contribution >= 0.6 is 0 Å². The summed E-state index contributed by atoms with van der Waals surface area (Å²) in [5.41, 5.74) is 1.17. The summed E-state index contributed by atoms with van der Waals surface area (Å²) in [5.74, 6) is -0.00912. The second-order valence-corrected chi connectivity index (χ2v) is 5.41. The quantitative estimate of drug-likeness (QED) is 0.790. The molecule has 2 unspecified atom stereocenters. The molecule has 1 aromatic carbocycles. The van der Waals surface area contributed by atoms with Gasteiger partial charge in [-0.2, -0.15) is 0 Å². The number of carbonyl (C=O) groups excluding carboxylic acids is 1. The third-order valence-corrected chi connectivity index (χ3v) is 4.04. The summed E-state index contributed by atoms with van der Waals surface area (Å²) in [6.45, 7) is 1.01. The van der Waals surface area contributed by atoms with Gasteiger partial charge in [-0.1, -0.05) is 30.3 Å². The van der Waals surface area contributed by atoms with E-state index in [0.29, 0.717) is 13.0 Å². The zero-order valence-corrected chi connectivity index (χ0v) is 12.7. The number of amides is 2. The molecule has 1 aromatic rings. The molecule has 1 saturated heterocycles. The normalized spacial score (nSPS) is 20.8. The molecule has 0 aliphatic carbocycles. The van der Waals surface area contributed by atoms with Crippen molar-refractivity contribution >= 4 is 41.6 Å². The molecule has 122 valence electrons. The van der Waals surface area contributed by atoms with Crippen LogP contribution in [0.1, 0.15) is 24.3 Å². The van der Waals surface area contributed by atoms with E-state index in [4.69, 9.17) is 4.74 Å². The van der Waals surface area contributed by atoms with Crippen LogP contribution in [-0.4, -0.2) is 84.4 Å². The molecule has 1 aliphatic rings. The van der Waals surface area contributed by atoms with Crippen LogP contribution in [0.2, 0.25) is 0 Å². The molecule has 2 N–H and O–H groups in total. The number of methoxy groups -OCH3 is 1. The number of carbonyl (C=O) groups is 2. The van der Waals surface area contributed by atoms with E-state index < -0.39 is 12.1 Å². The molecule has 1 heterocycles. The molecule has 2 rings (SSSR count). The first-order valence-corrected chi connectivity index (χ1v) is 7.44. The van der Waals surface area contributed by atoms with E-state index in [1.165, 1.54) is 17.6 Å². The predicted octanol–water partition coefficient (Wildman–Crippen LogP) is 1.03. The van der Waals surface area contributed by atoms with E-state index >= 15 is 0 Å². The first kappa shape index (κ1) is 20.0. The fourth-order valence-electron chi connectivity index (χ4n) is 2.82. The van der Waals surface area contributed by atoms with Gasteiger partial charge in [0.05, 0.1) is 6.61 Å². The van der Waals surface area contributed by atoms with Crippen molar-refractivity contribution in [2.45, 2.75) is 24.8 Å². The molecule has 1 aliphatic heterocycles.